The van der Waals surface area contributed by atoms with Crippen molar-refractivity contribution < 1.29 is 23.5 Å². The molecule has 0 aliphatic rings. The van der Waals surface area contributed by atoms with Crippen molar-refractivity contribution in [3.05, 3.63) is 51.9 Å². The maximum absolute atomic E-state index is 13.3. The molecule has 1 atom stereocenters. The monoisotopic (exact) mass is 501 g/mol. The van der Waals surface area contributed by atoms with Gasteiger partial charge in [0.05, 0.1) is 8.47 Å². The van der Waals surface area contributed by atoms with Gasteiger partial charge in [-0.05, 0) is 58.3 Å². The molecule has 27 heavy (non-hydrogen) atoms. The molecular weight excluding hydrogens is 481 g/mol. The Hall–Kier alpha value is -1.76. The van der Waals surface area contributed by atoms with E-state index >= 15 is 0 Å². The van der Waals surface area contributed by atoms with Crippen LogP contribution < -0.4 is 5.48 Å². The highest BCUT2D eigenvalue weighted by Gasteiger charge is 2.38. The third kappa shape index (κ3) is 4.94. The number of amides is 1. The number of aromatic nitrogens is 1. The van der Waals surface area contributed by atoms with Crippen molar-refractivity contribution in [3.63, 3.8) is 0 Å². The summed E-state index contributed by atoms with van der Waals surface area (Å²) in [7, 11) is -4.12. The van der Waals surface area contributed by atoms with Crippen molar-refractivity contribution in [3.8, 4) is 5.75 Å². The number of hydroxylamine groups is 1. The second-order valence-electron chi connectivity index (χ2n) is 6.19. The van der Waals surface area contributed by atoms with Gasteiger partial charge in [0.25, 0.3) is 5.91 Å². The number of halogens is 1. The van der Waals surface area contributed by atoms with E-state index < -0.39 is 27.9 Å². The Morgan fingerprint density at radius 3 is 2.56 bits per heavy atom. The minimum atomic E-state index is -4.12. The Labute approximate surface area is 171 Å². The van der Waals surface area contributed by atoms with E-state index in [-0.39, 0.29) is 17.2 Å². The lowest BCUT2D eigenvalue weighted by Gasteiger charge is -2.32. The number of nitrogens with zero attached hydrogens (tertiary/aromatic N) is 2. The van der Waals surface area contributed by atoms with Crippen molar-refractivity contribution in [1.82, 2.24) is 14.8 Å². The van der Waals surface area contributed by atoms with Crippen LogP contribution in [0.5, 0.6) is 5.75 Å². The number of benzene rings is 1. The first-order valence-corrected chi connectivity index (χ1v) is 10.5. The standard InChI is InChI=1S/C17H20IN3O5S/c1-11(2)16(17(23)20-24)21(10-12-4-3-7-19-9-12)27(25,26)13-5-6-15(22)14(18)8-13/h3-9,11,16,22,24H,10H2,1-2H3,(H,20,23)/t16-/m1/s1/i18-4. The molecule has 146 valence electrons. The van der Waals surface area contributed by atoms with E-state index in [4.69, 9.17) is 5.21 Å². The maximum Gasteiger partial charge on any atom is 0.262 e. The van der Waals surface area contributed by atoms with Gasteiger partial charge in [-0.15, -0.1) is 0 Å². The summed E-state index contributed by atoms with van der Waals surface area (Å²) in [4.78, 5) is 16.2. The van der Waals surface area contributed by atoms with Crippen LogP contribution >= 0.6 is 22.6 Å². The molecule has 1 aromatic carbocycles. The number of hydrogen-bond donors (Lipinski definition) is 3. The molecule has 0 bridgehead atoms. The number of rotatable bonds is 7. The third-order valence-corrected chi connectivity index (χ3v) is 6.59. The Kier molecular flexibility index (Phi) is 7.14. The Morgan fingerprint density at radius 1 is 1.33 bits per heavy atom. The number of aromatic hydroxyl groups is 1. The first kappa shape index (κ1) is 21.5. The number of carbonyl (C=O) groups is 1. The number of carbonyl (C=O) groups excluding carboxylic acids is 1. The smallest absolute Gasteiger partial charge is 0.262 e. The highest BCUT2D eigenvalue weighted by molar-refractivity contribution is 14.1. The van der Waals surface area contributed by atoms with Crippen LogP contribution in [0.15, 0.2) is 47.6 Å². The predicted octanol–water partition coefficient (Wildman–Crippen LogP) is 2.11. The van der Waals surface area contributed by atoms with Gasteiger partial charge in [-0.25, -0.2) is 13.9 Å². The molecule has 8 nitrogen and oxygen atoms in total. The van der Waals surface area contributed by atoms with Crippen LogP contribution in [0.25, 0.3) is 0 Å². The molecule has 0 aliphatic carbocycles. The van der Waals surface area contributed by atoms with Crippen molar-refractivity contribution in [2.45, 2.75) is 31.3 Å². The van der Waals surface area contributed by atoms with Gasteiger partial charge in [0.1, 0.15) is 11.8 Å². The fourth-order valence-electron chi connectivity index (χ4n) is 2.62. The summed E-state index contributed by atoms with van der Waals surface area (Å²) in [5, 5.41) is 18.8. The molecule has 2 rings (SSSR count). The number of phenols is 1. The van der Waals surface area contributed by atoms with E-state index in [0.717, 1.165) is 4.31 Å². The van der Waals surface area contributed by atoms with Gasteiger partial charge in [0, 0.05) is 18.9 Å². The highest BCUT2D eigenvalue weighted by Crippen LogP contribution is 2.28. The van der Waals surface area contributed by atoms with Gasteiger partial charge < -0.3 is 5.11 Å². The molecule has 0 aliphatic heterocycles. The molecule has 0 saturated carbocycles. The zero-order chi connectivity index (χ0) is 20.2. The summed E-state index contributed by atoms with van der Waals surface area (Å²) in [5.41, 5.74) is 2.14. The zero-order valence-corrected chi connectivity index (χ0v) is 17.7. The van der Waals surface area contributed by atoms with Crippen molar-refractivity contribution in [2.24, 2.45) is 5.92 Å². The molecule has 0 saturated heterocycles. The average molecular weight is 501 g/mol. The summed E-state index contributed by atoms with van der Waals surface area (Å²) in [6.07, 6.45) is 3.07. The maximum atomic E-state index is 13.3. The Balaban J connectivity index is 2.58. The second-order valence-corrected chi connectivity index (χ2v) is 9.24. The van der Waals surface area contributed by atoms with Gasteiger partial charge >= 0.3 is 0 Å². The van der Waals surface area contributed by atoms with E-state index in [1.54, 1.807) is 37.7 Å². The molecule has 0 spiro atoms. The molecular formula is C17H20IN3O5S. The van der Waals surface area contributed by atoms with Gasteiger partial charge in [0.15, 0.2) is 0 Å². The van der Waals surface area contributed by atoms with Gasteiger partial charge in [0.2, 0.25) is 10.0 Å². The number of hydrogen-bond acceptors (Lipinski definition) is 6. The molecule has 1 aromatic heterocycles. The number of sulfonamides is 1. The van der Waals surface area contributed by atoms with Crippen LogP contribution in [-0.2, 0) is 21.4 Å². The first-order valence-electron chi connectivity index (χ1n) is 8.01. The van der Waals surface area contributed by atoms with Crippen molar-refractivity contribution >= 4 is 38.5 Å². The van der Waals surface area contributed by atoms with E-state index in [9.17, 15) is 18.3 Å². The quantitative estimate of drug-likeness (QED) is 0.304. The minimum absolute atomic E-state index is 0.0399. The molecule has 0 unspecified atom stereocenters. The van der Waals surface area contributed by atoms with Gasteiger partial charge in [-0.1, -0.05) is 19.9 Å². The Bertz CT molecular complexity index is 906. The number of pyridine rings is 1. The Morgan fingerprint density at radius 2 is 2.04 bits per heavy atom. The summed E-state index contributed by atoms with van der Waals surface area (Å²) in [5.74, 6) is -1.28. The number of phenolic OH excluding ortho intramolecular Hbond substituents is 1. The second kappa shape index (κ2) is 8.95. The molecule has 2 aromatic rings. The third-order valence-electron chi connectivity index (χ3n) is 3.91. The minimum Gasteiger partial charge on any atom is -0.507 e. The normalized spacial score (nSPS) is 13.0. The van der Waals surface area contributed by atoms with Crippen LogP contribution in [0.1, 0.15) is 19.4 Å². The predicted molar refractivity (Wildman–Crippen MR) is 106 cm³/mol. The highest BCUT2D eigenvalue weighted by atomic mass is 123. The largest absolute Gasteiger partial charge is 0.507 e. The van der Waals surface area contributed by atoms with E-state index in [1.807, 2.05) is 22.6 Å². The van der Waals surface area contributed by atoms with Crippen LogP contribution in [0.2, 0.25) is 0 Å². The SMILES string of the molecule is CC(C)[C@H](C(=O)NO)N(Cc1cccnc1)S(=O)(=O)c1ccc(O)c([123I])c1. The van der Waals surface area contributed by atoms with Crippen LogP contribution in [-0.4, -0.2) is 40.0 Å². The van der Waals surface area contributed by atoms with E-state index in [1.165, 1.54) is 24.4 Å². The van der Waals surface area contributed by atoms with Crippen molar-refractivity contribution in [2.75, 3.05) is 0 Å². The summed E-state index contributed by atoms with van der Waals surface area (Å²) < 4.78 is 28.0. The number of nitrogens with one attached hydrogen (secondary N) is 1. The van der Waals surface area contributed by atoms with Gasteiger partial charge in [-0.3, -0.25) is 15.0 Å². The summed E-state index contributed by atoms with van der Waals surface area (Å²) in [6.45, 7) is 3.27. The molecule has 0 radical (unpaired) electrons. The zero-order valence-electron chi connectivity index (χ0n) is 14.7. The van der Waals surface area contributed by atoms with E-state index in [2.05, 4.69) is 4.98 Å². The molecule has 3 N–H and O–H groups in total. The average Bonchev–Trinajstić information content (AvgIpc) is 2.63. The molecule has 10 heteroatoms. The fraction of sp³-hybridized carbons (Fsp3) is 0.294. The lowest BCUT2D eigenvalue weighted by molar-refractivity contribution is -0.134. The first-order chi connectivity index (χ1) is 12.7. The van der Waals surface area contributed by atoms with Crippen LogP contribution in [0, 0.1) is 9.49 Å². The molecule has 1 heterocycles. The summed E-state index contributed by atoms with van der Waals surface area (Å²) >= 11 is 1.83. The van der Waals surface area contributed by atoms with Crippen LogP contribution in [0.4, 0.5) is 0 Å². The molecule has 0 fully saturated rings. The molecule has 1 amide bonds. The van der Waals surface area contributed by atoms with Crippen LogP contribution in [0.3, 0.4) is 0 Å². The lowest BCUT2D eigenvalue weighted by Crippen LogP contribution is -2.51. The lowest BCUT2D eigenvalue weighted by atomic mass is 10.0. The van der Waals surface area contributed by atoms with Crippen molar-refractivity contribution in [1.29, 1.82) is 0 Å². The van der Waals surface area contributed by atoms with E-state index in [0.29, 0.717) is 9.13 Å². The summed E-state index contributed by atoms with van der Waals surface area (Å²) in [6, 6.07) is 6.11. The van der Waals surface area contributed by atoms with Gasteiger partial charge in [-0.2, -0.15) is 4.31 Å². The fourth-order valence-corrected chi connectivity index (χ4v) is 5.08. The topological polar surface area (TPSA) is 120 Å².